The summed E-state index contributed by atoms with van der Waals surface area (Å²) in [7, 11) is 0. The first-order valence-corrected chi connectivity index (χ1v) is 7.85. The van der Waals surface area contributed by atoms with E-state index in [1.165, 1.54) is 18.6 Å². The van der Waals surface area contributed by atoms with E-state index in [0.29, 0.717) is 0 Å². The van der Waals surface area contributed by atoms with E-state index < -0.39 is 0 Å². The maximum atomic E-state index is 12.9. The molecule has 1 amide bonds. The van der Waals surface area contributed by atoms with Crippen LogP contribution in [0.5, 0.6) is 0 Å². The molecule has 1 fully saturated rings. The van der Waals surface area contributed by atoms with Gasteiger partial charge in [-0.3, -0.25) is 4.79 Å². The van der Waals surface area contributed by atoms with Gasteiger partial charge in [-0.2, -0.15) is 0 Å². The predicted octanol–water partition coefficient (Wildman–Crippen LogP) is 2.75. The average Bonchev–Trinajstić information content (AvgIpc) is 2.49. The highest BCUT2D eigenvalue weighted by atomic mass is 19.1. The molecule has 1 aliphatic heterocycles. The molecule has 0 radical (unpaired) electrons. The lowest BCUT2D eigenvalue weighted by molar-refractivity contribution is -0.134. The van der Waals surface area contributed by atoms with E-state index in [1.54, 1.807) is 12.1 Å². The topological polar surface area (TPSA) is 32.3 Å². The van der Waals surface area contributed by atoms with Gasteiger partial charge in [0.1, 0.15) is 5.82 Å². The third-order valence-electron chi connectivity index (χ3n) is 4.03. The Balaban J connectivity index is 1.82. The van der Waals surface area contributed by atoms with Crippen molar-refractivity contribution in [3.63, 3.8) is 0 Å². The summed E-state index contributed by atoms with van der Waals surface area (Å²) in [5.74, 6) is -0.0198. The summed E-state index contributed by atoms with van der Waals surface area (Å²) in [6.45, 7) is 5.76. The Morgan fingerprint density at radius 1 is 1.19 bits per heavy atom. The zero-order valence-corrected chi connectivity index (χ0v) is 12.9. The number of nitrogens with one attached hydrogen (secondary N) is 1. The van der Waals surface area contributed by atoms with Gasteiger partial charge in [-0.05, 0) is 57.2 Å². The number of piperidine rings is 1. The van der Waals surface area contributed by atoms with Gasteiger partial charge in [-0.1, -0.05) is 12.1 Å². The zero-order valence-electron chi connectivity index (χ0n) is 12.9. The molecule has 2 atom stereocenters. The van der Waals surface area contributed by atoms with Crippen molar-refractivity contribution in [1.29, 1.82) is 0 Å². The number of nitrogens with zero attached hydrogens (tertiary/aromatic N) is 1. The first kappa shape index (κ1) is 16.0. The summed E-state index contributed by atoms with van der Waals surface area (Å²) >= 11 is 0. The van der Waals surface area contributed by atoms with Gasteiger partial charge >= 0.3 is 0 Å². The summed E-state index contributed by atoms with van der Waals surface area (Å²) < 4.78 is 12.9. The molecule has 1 aromatic rings. The van der Waals surface area contributed by atoms with Crippen molar-refractivity contribution in [2.24, 2.45) is 0 Å². The number of likely N-dealkylation sites (tertiary alicyclic amines) is 1. The molecule has 1 aliphatic rings. The average molecular weight is 292 g/mol. The third kappa shape index (κ3) is 4.81. The zero-order chi connectivity index (χ0) is 15.2. The molecule has 2 unspecified atom stereocenters. The second kappa shape index (κ2) is 7.55. The number of halogens is 1. The van der Waals surface area contributed by atoms with E-state index in [-0.39, 0.29) is 23.8 Å². The molecular formula is C17H25FN2O. The second-order valence-corrected chi connectivity index (χ2v) is 6.01. The Hall–Kier alpha value is -1.42. The summed E-state index contributed by atoms with van der Waals surface area (Å²) in [6, 6.07) is 6.56. The minimum absolute atomic E-state index is 0.168. The molecule has 4 heteroatoms. The number of carbonyl (C=O) groups is 1. The van der Waals surface area contributed by atoms with E-state index >= 15 is 0 Å². The summed E-state index contributed by atoms with van der Waals surface area (Å²) in [5, 5.41) is 3.36. The smallest absolute Gasteiger partial charge is 0.239 e. The van der Waals surface area contributed by atoms with Crippen molar-refractivity contribution < 1.29 is 9.18 Å². The van der Waals surface area contributed by atoms with Crippen LogP contribution < -0.4 is 5.32 Å². The van der Waals surface area contributed by atoms with Crippen LogP contribution in [0.1, 0.15) is 38.7 Å². The van der Waals surface area contributed by atoms with Crippen LogP contribution in [0.4, 0.5) is 4.39 Å². The van der Waals surface area contributed by atoms with Gasteiger partial charge in [-0.15, -0.1) is 0 Å². The van der Waals surface area contributed by atoms with Crippen LogP contribution in [-0.2, 0) is 11.2 Å². The lowest BCUT2D eigenvalue weighted by Crippen LogP contribution is -2.49. The van der Waals surface area contributed by atoms with Crippen molar-refractivity contribution in [2.75, 3.05) is 13.1 Å². The molecule has 2 rings (SSSR count). The van der Waals surface area contributed by atoms with Gasteiger partial charge in [0.15, 0.2) is 0 Å². The van der Waals surface area contributed by atoms with Crippen LogP contribution in [0.15, 0.2) is 24.3 Å². The number of benzene rings is 1. The largest absolute Gasteiger partial charge is 0.341 e. The molecule has 1 aromatic carbocycles. The normalized spacial score (nSPS) is 18.3. The number of hydrogen-bond acceptors (Lipinski definition) is 2. The predicted molar refractivity (Wildman–Crippen MR) is 82.6 cm³/mol. The lowest BCUT2D eigenvalue weighted by Gasteiger charge is -2.30. The van der Waals surface area contributed by atoms with Gasteiger partial charge in [0.25, 0.3) is 0 Å². The summed E-state index contributed by atoms with van der Waals surface area (Å²) in [4.78, 5) is 14.3. The van der Waals surface area contributed by atoms with Gasteiger partial charge in [0, 0.05) is 19.1 Å². The van der Waals surface area contributed by atoms with E-state index in [9.17, 15) is 9.18 Å². The van der Waals surface area contributed by atoms with Gasteiger partial charge in [-0.25, -0.2) is 4.39 Å². The highest BCUT2D eigenvalue weighted by Gasteiger charge is 2.22. The van der Waals surface area contributed by atoms with Crippen LogP contribution in [-0.4, -0.2) is 36.0 Å². The van der Waals surface area contributed by atoms with Crippen molar-refractivity contribution in [2.45, 2.75) is 51.6 Å². The van der Waals surface area contributed by atoms with Gasteiger partial charge < -0.3 is 10.2 Å². The van der Waals surface area contributed by atoms with Crippen LogP contribution in [0, 0.1) is 5.82 Å². The maximum absolute atomic E-state index is 12.9. The Kier molecular flexibility index (Phi) is 5.74. The van der Waals surface area contributed by atoms with E-state index in [4.69, 9.17) is 0 Å². The van der Waals surface area contributed by atoms with E-state index in [2.05, 4.69) is 12.2 Å². The number of amides is 1. The first-order valence-electron chi connectivity index (χ1n) is 7.85. The first-order chi connectivity index (χ1) is 10.1. The number of rotatable bonds is 5. The summed E-state index contributed by atoms with van der Waals surface area (Å²) in [5.41, 5.74) is 1.08. The van der Waals surface area contributed by atoms with Crippen LogP contribution in [0.3, 0.4) is 0 Å². The van der Waals surface area contributed by atoms with E-state index in [0.717, 1.165) is 37.9 Å². The highest BCUT2D eigenvalue weighted by molar-refractivity contribution is 5.81. The van der Waals surface area contributed by atoms with Crippen LogP contribution in [0.2, 0.25) is 0 Å². The van der Waals surface area contributed by atoms with Crippen molar-refractivity contribution in [3.8, 4) is 0 Å². The molecule has 1 heterocycles. The Bertz CT molecular complexity index is 454. The second-order valence-electron chi connectivity index (χ2n) is 6.01. The number of hydrogen-bond donors (Lipinski definition) is 1. The highest BCUT2D eigenvalue weighted by Crippen LogP contribution is 2.11. The molecule has 21 heavy (non-hydrogen) atoms. The summed E-state index contributed by atoms with van der Waals surface area (Å²) in [6.07, 6.45) is 4.25. The molecule has 0 aromatic heterocycles. The molecule has 0 saturated carbocycles. The van der Waals surface area contributed by atoms with Crippen molar-refractivity contribution in [3.05, 3.63) is 35.6 Å². The minimum atomic E-state index is -0.215. The SMILES string of the molecule is CC(Cc1ccc(F)cc1)NC(C)C(=O)N1CCCCC1. The minimum Gasteiger partial charge on any atom is -0.341 e. The Morgan fingerprint density at radius 3 is 2.43 bits per heavy atom. The Morgan fingerprint density at radius 2 is 1.81 bits per heavy atom. The Labute approximate surface area is 126 Å². The number of carbonyl (C=O) groups excluding carboxylic acids is 1. The van der Waals surface area contributed by atoms with Gasteiger partial charge in [0.2, 0.25) is 5.91 Å². The third-order valence-corrected chi connectivity index (χ3v) is 4.03. The molecular weight excluding hydrogens is 267 g/mol. The van der Waals surface area contributed by atoms with Gasteiger partial charge in [0.05, 0.1) is 6.04 Å². The van der Waals surface area contributed by atoms with Crippen LogP contribution >= 0.6 is 0 Å². The molecule has 0 spiro atoms. The molecule has 116 valence electrons. The fraction of sp³-hybridized carbons (Fsp3) is 0.588. The van der Waals surface area contributed by atoms with E-state index in [1.807, 2.05) is 11.8 Å². The maximum Gasteiger partial charge on any atom is 0.239 e. The molecule has 0 bridgehead atoms. The quantitative estimate of drug-likeness (QED) is 0.905. The standard InChI is InChI=1S/C17H25FN2O/c1-13(12-15-6-8-16(18)9-7-15)19-14(2)17(21)20-10-4-3-5-11-20/h6-9,13-14,19H,3-5,10-12H2,1-2H3. The molecule has 0 aliphatic carbocycles. The molecule has 3 nitrogen and oxygen atoms in total. The monoisotopic (exact) mass is 292 g/mol. The molecule has 1 N–H and O–H groups in total. The fourth-order valence-electron chi connectivity index (χ4n) is 2.92. The van der Waals surface area contributed by atoms with Crippen molar-refractivity contribution >= 4 is 5.91 Å². The lowest BCUT2D eigenvalue weighted by atomic mass is 10.1. The molecule has 1 saturated heterocycles. The van der Waals surface area contributed by atoms with Crippen LogP contribution in [0.25, 0.3) is 0 Å². The van der Waals surface area contributed by atoms with Crippen molar-refractivity contribution in [1.82, 2.24) is 10.2 Å². The fourth-order valence-corrected chi connectivity index (χ4v) is 2.92.